The topological polar surface area (TPSA) is 79.9 Å². The van der Waals surface area contributed by atoms with Crippen LogP contribution in [-0.4, -0.2) is 29.2 Å². The Labute approximate surface area is 170 Å². The number of thiazole rings is 1. The third-order valence-electron chi connectivity index (χ3n) is 4.53. The molecule has 0 aliphatic carbocycles. The largest absolute Gasteiger partial charge is 0.383 e. The molecule has 7 heteroatoms. The number of rotatable bonds is 8. The lowest BCUT2D eigenvalue weighted by Crippen LogP contribution is -2.24. The molecule has 0 spiro atoms. The second-order valence-corrected chi connectivity index (χ2v) is 8.07. The van der Waals surface area contributed by atoms with Crippen LogP contribution in [0.25, 0.3) is 6.08 Å². The van der Waals surface area contributed by atoms with Crippen LogP contribution >= 0.6 is 11.3 Å². The lowest BCUT2D eigenvalue weighted by Gasteiger charge is -2.17. The molecule has 28 heavy (non-hydrogen) atoms. The Bertz CT molecular complexity index is 902. The van der Waals surface area contributed by atoms with E-state index in [1.807, 2.05) is 31.4 Å². The quantitative estimate of drug-likeness (QED) is 0.534. The summed E-state index contributed by atoms with van der Waals surface area (Å²) >= 11 is 1.58. The van der Waals surface area contributed by atoms with Gasteiger partial charge in [0.05, 0.1) is 29.9 Å². The standard InChI is InChI=1S/C21H28N4O2S/c1-13(2)21-24-19(12-28-21)10-23-20(26)18(9-22)8-17-7-14(3)25(16(17)5)15(4)11-27-6/h7-8,12-13,15H,10-11H2,1-6H3,(H,23,26)/b18-8+. The monoisotopic (exact) mass is 400 g/mol. The van der Waals surface area contributed by atoms with Gasteiger partial charge in [0.25, 0.3) is 5.91 Å². The number of hydrogen-bond donors (Lipinski definition) is 1. The van der Waals surface area contributed by atoms with Gasteiger partial charge in [0.2, 0.25) is 0 Å². The van der Waals surface area contributed by atoms with Gasteiger partial charge in [-0.25, -0.2) is 4.98 Å². The van der Waals surface area contributed by atoms with E-state index in [4.69, 9.17) is 4.74 Å². The highest BCUT2D eigenvalue weighted by Gasteiger charge is 2.16. The molecule has 0 aromatic carbocycles. The molecule has 1 unspecified atom stereocenters. The minimum Gasteiger partial charge on any atom is -0.383 e. The molecule has 0 aliphatic heterocycles. The number of ether oxygens (including phenoxy) is 1. The van der Waals surface area contributed by atoms with Crippen molar-refractivity contribution in [2.75, 3.05) is 13.7 Å². The molecule has 1 amide bonds. The maximum Gasteiger partial charge on any atom is 0.262 e. The molecule has 2 heterocycles. The van der Waals surface area contributed by atoms with E-state index in [-0.39, 0.29) is 11.6 Å². The lowest BCUT2D eigenvalue weighted by atomic mass is 10.1. The van der Waals surface area contributed by atoms with E-state index < -0.39 is 5.91 Å². The van der Waals surface area contributed by atoms with Gasteiger partial charge in [-0.1, -0.05) is 13.8 Å². The highest BCUT2D eigenvalue weighted by Crippen LogP contribution is 2.23. The summed E-state index contributed by atoms with van der Waals surface area (Å²) in [6.45, 7) is 11.2. The number of carbonyl (C=O) groups excluding carboxylic acids is 1. The van der Waals surface area contributed by atoms with Crippen molar-refractivity contribution in [2.45, 2.75) is 53.1 Å². The van der Waals surface area contributed by atoms with Crippen LogP contribution in [0.3, 0.4) is 0 Å². The van der Waals surface area contributed by atoms with Gasteiger partial charge in [-0.2, -0.15) is 5.26 Å². The summed E-state index contributed by atoms with van der Waals surface area (Å²) in [7, 11) is 1.68. The van der Waals surface area contributed by atoms with Crippen LogP contribution in [0.4, 0.5) is 0 Å². The van der Waals surface area contributed by atoms with Gasteiger partial charge >= 0.3 is 0 Å². The molecule has 2 aromatic heterocycles. The second-order valence-electron chi connectivity index (χ2n) is 7.19. The average molecular weight is 401 g/mol. The first-order valence-electron chi connectivity index (χ1n) is 9.30. The maximum atomic E-state index is 12.5. The van der Waals surface area contributed by atoms with Gasteiger partial charge in [-0.05, 0) is 38.5 Å². The SMILES string of the molecule is COCC(C)n1c(C)cc(/C=C(\C#N)C(=O)NCc2csc(C(C)C)n2)c1C. The zero-order valence-electron chi connectivity index (χ0n) is 17.4. The van der Waals surface area contributed by atoms with Gasteiger partial charge in [0, 0.05) is 29.8 Å². The summed E-state index contributed by atoms with van der Waals surface area (Å²) in [6, 6.07) is 4.18. The number of aromatic nitrogens is 2. The van der Waals surface area contributed by atoms with Crippen LogP contribution < -0.4 is 5.32 Å². The number of nitrogens with one attached hydrogen (secondary N) is 1. The van der Waals surface area contributed by atoms with Crippen molar-refractivity contribution in [1.29, 1.82) is 5.26 Å². The second kappa shape index (κ2) is 9.67. The fourth-order valence-corrected chi connectivity index (χ4v) is 4.02. The molecule has 0 saturated carbocycles. The molecule has 6 nitrogen and oxygen atoms in total. The van der Waals surface area contributed by atoms with Crippen molar-refractivity contribution in [3.63, 3.8) is 0 Å². The fraction of sp³-hybridized carbons (Fsp3) is 0.476. The van der Waals surface area contributed by atoms with Crippen molar-refractivity contribution >= 4 is 23.3 Å². The summed E-state index contributed by atoms with van der Waals surface area (Å²) in [5.41, 5.74) is 3.83. The van der Waals surface area contributed by atoms with Crippen LogP contribution in [0.1, 0.15) is 60.4 Å². The zero-order valence-corrected chi connectivity index (χ0v) is 18.2. The van der Waals surface area contributed by atoms with Crippen molar-refractivity contribution < 1.29 is 9.53 Å². The van der Waals surface area contributed by atoms with E-state index in [1.54, 1.807) is 24.5 Å². The normalized spacial score (nSPS) is 12.9. The number of carbonyl (C=O) groups is 1. The molecular formula is C21H28N4O2S. The van der Waals surface area contributed by atoms with Crippen molar-refractivity contribution in [1.82, 2.24) is 14.9 Å². The molecule has 2 rings (SSSR count). The first-order chi connectivity index (χ1) is 13.3. The smallest absolute Gasteiger partial charge is 0.262 e. The van der Waals surface area contributed by atoms with E-state index in [2.05, 4.69) is 35.6 Å². The van der Waals surface area contributed by atoms with E-state index in [0.717, 1.165) is 27.7 Å². The third kappa shape index (κ3) is 5.09. The molecule has 2 aromatic rings. The number of methoxy groups -OCH3 is 1. The number of nitriles is 1. The highest BCUT2D eigenvalue weighted by atomic mass is 32.1. The van der Waals surface area contributed by atoms with E-state index >= 15 is 0 Å². The Morgan fingerprint density at radius 1 is 1.43 bits per heavy atom. The van der Waals surface area contributed by atoms with Gasteiger partial charge < -0.3 is 14.6 Å². The van der Waals surface area contributed by atoms with E-state index in [1.165, 1.54) is 0 Å². The summed E-state index contributed by atoms with van der Waals surface area (Å²) in [6.07, 6.45) is 1.65. The van der Waals surface area contributed by atoms with Crippen LogP contribution in [0.2, 0.25) is 0 Å². The molecule has 0 radical (unpaired) electrons. The van der Waals surface area contributed by atoms with E-state index in [0.29, 0.717) is 19.1 Å². The molecule has 0 fully saturated rings. The van der Waals surface area contributed by atoms with Gasteiger partial charge in [0.1, 0.15) is 11.6 Å². The number of nitrogens with zero attached hydrogens (tertiary/aromatic N) is 3. The predicted octanol–water partition coefficient (Wildman–Crippen LogP) is 4.12. The van der Waals surface area contributed by atoms with Crippen molar-refractivity contribution in [3.8, 4) is 6.07 Å². The molecular weight excluding hydrogens is 372 g/mol. The van der Waals surface area contributed by atoms with Crippen molar-refractivity contribution in [3.05, 3.63) is 44.7 Å². The fourth-order valence-electron chi connectivity index (χ4n) is 3.18. The van der Waals surface area contributed by atoms with Crippen LogP contribution in [0, 0.1) is 25.2 Å². The van der Waals surface area contributed by atoms with Crippen LogP contribution in [0.15, 0.2) is 17.0 Å². The zero-order chi connectivity index (χ0) is 20.8. The predicted molar refractivity (Wildman–Crippen MR) is 112 cm³/mol. The minimum absolute atomic E-state index is 0.0824. The number of hydrogen-bond acceptors (Lipinski definition) is 5. The van der Waals surface area contributed by atoms with Crippen LogP contribution in [0.5, 0.6) is 0 Å². The number of aryl methyl sites for hydroxylation is 1. The third-order valence-corrected chi connectivity index (χ3v) is 5.72. The Hall–Kier alpha value is -2.43. The summed E-state index contributed by atoms with van der Waals surface area (Å²) < 4.78 is 7.41. The van der Waals surface area contributed by atoms with Crippen LogP contribution in [-0.2, 0) is 16.1 Å². The first-order valence-corrected chi connectivity index (χ1v) is 10.2. The molecule has 0 aliphatic rings. The molecule has 1 N–H and O–H groups in total. The summed E-state index contributed by atoms with van der Waals surface area (Å²) in [4.78, 5) is 17.0. The highest BCUT2D eigenvalue weighted by molar-refractivity contribution is 7.09. The molecule has 1 atom stereocenters. The Morgan fingerprint density at radius 2 is 2.14 bits per heavy atom. The molecule has 0 saturated heterocycles. The number of amides is 1. The molecule has 0 bridgehead atoms. The van der Waals surface area contributed by atoms with Gasteiger partial charge in [0.15, 0.2) is 0 Å². The maximum absolute atomic E-state index is 12.5. The lowest BCUT2D eigenvalue weighted by molar-refractivity contribution is -0.117. The van der Waals surface area contributed by atoms with Gasteiger partial charge in [-0.15, -0.1) is 11.3 Å². The minimum atomic E-state index is -0.392. The Kier molecular flexibility index (Phi) is 7.55. The van der Waals surface area contributed by atoms with E-state index in [9.17, 15) is 10.1 Å². The first kappa shape index (κ1) is 21.9. The van der Waals surface area contributed by atoms with Crippen molar-refractivity contribution in [2.24, 2.45) is 0 Å². The Morgan fingerprint density at radius 3 is 2.71 bits per heavy atom. The Balaban J connectivity index is 2.15. The summed E-state index contributed by atoms with van der Waals surface area (Å²) in [5.74, 6) is -0.0314. The summed E-state index contributed by atoms with van der Waals surface area (Å²) in [5, 5.41) is 15.2. The van der Waals surface area contributed by atoms with Gasteiger partial charge in [-0.3, -0.25) is 4.79 Å². The molecule has 150 valence electrons. The average Bonchev–Trinajstić information content (AvgIpc) is 3.22.